The van der Waals surface area contributed by atoms with Crippen LogP contribution in [0.25, 0.3) is 0 Å². The molecule has 154 valence electrons. The van der Waals surface area contributed by atoms with Crippen molar-refractivity contribution in [2.45, 2.75) is 95.4 Å². The van der Waals surface area contributed by atoms with E-state index >= 15 is 0 Å². The van der Waals surface area contributed by atoms with Gasteiger partial charge in [-0.1, -0.05) is 20.8 Å². The lowest BCUT2D eigenvalue weighted by atomic mass is 9.72. The smallest absolute Gasteiger partial charge is 0.192 e. The van der Waals surface area contributed by atoms with E-state index in [0.717, 1.165) is 19.3 Å². The van der Waals surface area contributed by atoms with Crippen molar-refractivity contribution in [1.82, 2.24) is 0 Å². The highest BCUT2D eigenvalue weighted by Gasteiger charge is 2.48. The first-order valence-corrected chi connectivity index (χ1v) is 12.8. The van der Waals surface area contributed by atoms with Gasteiger partial charge >= 0.3 is 0 Å². The number of ether oxygens (including phenoxy) is 2. The molecular formula is C19H38O6Si. The maximum absolute atomic E-state index is 9.94. The fraction of sp³-hybridized carbons (Fsp3) is 1.00. The highest BCUT2D eigenvalue weighted by molar-refractivity contribution is 6.74. The van der Waals surface area contributed by atoms with E-state index in [1.54, 1.807) is 0 Å². The van der Waals surface area contributed by atoms with Crippen molar-refractivity contribution < 1.29 is 29.2 Å². The molecule has 2 N–H and O–H groups in total. The third kappa shape index (κ3) is 4.87. The van der Waals surface area contributed by atoms with Crippen molar-refractivity contribution in [3.05, 3.63) is 0 Å². The molecular weight excluding hydrogens is 352 g/mol. The molecule has 1 saturated carbocycles. The van der Waals surface area contributed by atoms with Gasteiger partial charge in [-0.3, -0.25) is 5.26 Å². The number of aliphatic hydroxyl groups is 1. The molecule has 0 radical (unpaired) electrons. The lowest BCUT2D eigenvalue weighted by Crippen LogP contribution is -2.52. The van der Waals surface area contributed by atoms with E-state index in [1.165, 1.54) is 0 Å². The molecule has 3 atom stereocenters. The Hall–Kier alpha value is -0.0231. The largest absolute Gasteiger partial charge is 0.414 e. The Bertz CT molecular complexity index is 451. The summed E-state index contributed by atoms with van der Waals surface area (Å²) in [5, 5.41) is 19.7. The molecule has 0 aromatic rings. The topological polar surface area (TPSA) is 77.4 Å². The summed E-state index contributed by atoms with van der Waals surface area (Å²) in [4.78, 5) is 4.86. The molecule has 2 aliphatic rings. The van der Waals surface area contributed by atoms with E-state index in [-0.39, 0.29) is 23.7 Å². The van der Waals surface area contributed by atoms with Crippen LogP contribution in [-0.2, 0) is 18.8 Å². The zero-order chi connectivity index (χ0) is 19.6. The maximum atomic E-state index is 9.94. The van der Waals surface area contributed by atoms with Gasteiger partial charge in [0.1, 0.15) is 5.60 Å². The number of hydrogen-bond acceptors (Lipinski definition) is 6. The Balaban J connectivity index is 2.06. The first-order valence-electron chi connectivity index (χ1n) is 9.86. The second kappa shape index (κ2) is 8.15. The molecule has 0 aromatic carbocycles. The van der Waals surface area contributed by atoms with Crippen molar-refractivity contribution in [3.63, 3.8) is 0 Å². The van der Waals surface area contributed by atoms with Gasteiger partial charge in [0.25, 0.3) is 0 Å². The average Bonchev–Trinajstić information content (AvgIpc) is 2.99. The Morgan fingerprint density at radius 2 is 1.81 bits per heavy atom. The molecule has 0 aromatic heterocycles. The summed E-state index contributed by atoms with van der Waals surface area (Å²) in [5.74, 6) is -0.588. The zero-order valence-electron chi connectivity index (χ0n) is 17.3. The van der Waals surface area contributed by atoms with Crippen molar-refractivity contribution in [2.24, 2.45) is 5.92 Å². The monoisotopic (exact) mass is 390 g/mol. The van der Waals surface area contributed by atoms with Crippen LogP contribution in [0.5, 0.6) is 0 Å². The highest BCUT2D eigenvalue weighted by Crippen LogP contribution is 2.45. The number of aliphatic hydroxyl groups excluding tert-OH is 1. The van der Waals surface area contributed by atoms with E-state index in [0.29, 0.717) is 26.1 Å². The summed E-state index contributed by atoms with van der Waals surface area (Å²) in [6, 6.07) is 0. The summed E-state index contributed by atoms with van der Waals surface area (Å²) in [6.07, 6.45) is 3.72. The van der Waals surface area contributed by atoms with Crippen molar-refractivity contribution >= 4 is 8.32 Å². The van der Waals surface area contributed by atoms with Crippen LogP contribution >= 0.6 is 0 Å². The van der Waals surface area contributed by atoms with Gasteiger partial charge in [0, 0.05) is 12.5 Å². The minimum Gasteiger partial charge on any atom is -0.414 e. The van der Waals surface area contributed by atoms with Crippen molar-refractivity contribution in [3.8, 4) is 0 Å². The minimum atomic E-state index is -1.87. The van der Waals surface area contributed by atoms with Crippen LogP contribution in [0.2, 0.25) is 18.1 Å². The molecule has 1 saturated heterocycles. The Labute approximate surface area is 159 Å². The summed E-state index contributed by atoms with van der Waals surface area (Å²) in [5.41, 5.74) is -0.914. The Kier molecular flexibility index (Phi) is 6.98. The first-order chi connectivity index (χ1) is 12.0. The van der Waals surface area contributed by atoms with Gasteiger partial charge in [-0.15, -0.1) is 0 Å². The van der Waals surface area contributed by atoms with Crippen LogP contribution in [0.3, 0.4) is 0 Å². The van der Waals surface area contributed by atoms with Crippen LogP contribution in [0.1, 0.15) is 59.8 Å². The molecule has 1 aliphatic carbocycles. The van der Waals surface area contributed by atoms with E-state index in [1.807, 2.05) is 6.92 Å². The summed E-state index contributed by atoms with van der Waals surface area (Å²) in [6.45, 7) is 14.2. The third-order valence-corrected chi connectivity index (χ3v) is 11.3. The summed E-state index contributed by atoms with van der Waals surface area (Å²) < 4.78 is 18.0. The molecule has 2 fully saturated rings. The van der Waals surface area contributed by atoms with E-state index in [4.69, 9.17) is 18.8 Å². The fourth-order valence-electron chi connectivity index (χ4n) is 3.84. The molecule has 1 heterocycles. The van der Waals surface area contributed by atoms with Crippen LogP contribution in [0.15, 0.2) is 0 Å². The second-order valence-electron chi connectivity index (χ2n) is 9.66. The SMILES string of the molecule is CC1(CC[C@H]2C[C@@H](O[Si](C)(C)C(C)(C)C)CCC2(CO)OO)OCCO1. The van der Waals surface area contributed by atoms with Gasteiger partial charge in [0.05, 0.1) is 19.8 Å². The lowest BCUT2D eigenvalue weighted by Gasteiger charge is -2.47. The van der Waals surface area contributed by atoms with Gasteiger partial charge in [0.15, 0.2) is 14.1 Å². The number of rotatable bonds is 7. The molecule has 6 nitrogen and oxygen atoms in total. The quantitative estimate of drug-likeness (QED) is 0.389. The van der Waals surface area contributed by atoms with Crippen molar-refractivity contribution in [2.75, 3.05) is 19.8 Å². The lowest BCUT2D eigenvalue weighted by molar-refractivity contribution is -0.356. The Morgan fingerprint density at radius 3 is 2.31 bits per heavy atom. The zero-order valence-corrected chi connectivity index (χ0v) is 18.3. The normalized spacial score (nSPS) is 32.8. The third-order valence-electron chi connectivity index (χ3n) is 6.74. The molecule has 2 rings (SSSR count). The molecule has 0 bridgehead atoms. The molecule has 26 heavy (non-hydrogen) atoms. The molecule has 0 spiro atoms. The van der Waals surface area contributed by atoms with Gasteiger partial charge in [-0.25, -0.2) is 4.89 Å². The minimum absolute atomic E-state index is 0.00866. The summed E-state index contributed by atoms with van der Waals surface area (Å²) >= 11 is 0. The maximum Gasteiger partial charge on any atom is 0.192 e. The van der Waals surface area contributed by atoms with Crippen LogP contribution in [0, 0.1) is 5.92 Å². The molecule has 0 amide bonds. The second-order valence-corrected chi connectivity index (χ2v) is 14.4. The fourth-order valence-corrected chi connectivity index (χ4v) is 5.24. The van der Waals surface area contributed by atoms with Gasteiger partial charge < -0.3 is 19.0 Å². The van der Waals surface area contributed by atoms with Gasteiger partial charge in [0.2, 0.25) is 0 Å². The standard InChI is InChI=1S/C19H38O6Si/c1-17(2,3)26(5,6)24-16-8-10-19(14-20,25-21)15(13-16)7-9-18(4)22-11-12-23-18/h15-16,20-21H,7-14H2,1-6H3/t15-,16-,19?/m0/s1. The van der Waals surface area contributed by atoms with Gasteiger partial charge in [-0.05, 0) is 56.7 Å². The predicted octanol–water partition coefficient (Wildman–Crippen LogP) is 3.94. The number of hydrogen-bond donors (Lipinski definition) is 2. The van der Waals surface area contributed by atoms with E-state index in [9.17, 15) is 10.4 Å². The van der Waals surface area contributed by atoms with E-state index in [2.05, 4.69) is 33.9 Å². The Morgan fingerprint density at radius 1 is 1.19 bits per heavy atom. The molecule has 7 heteroatoms. The van der Waals surface area contributed by atoms with Crippen LogP contribution in [-0.4, -0.2) is 56.0 Å². The average molecular weight is 391 g/mol. The highest BCUT2D eigenvalue weighted by atomic mass is 28.4. The van der Waals surface area contributed by atoms with Crippen molar-refractivity contribution in [1.29, 1.82) is 0 Å². The predicted molar refractivity (Wildman–Crippen MR) is 102 cm³/mol. The summed E-state index contributed by atoms with van der Waals surface area (Å²) in [7, 11) is -1.87. The van der Waals surface area contributed by atoms with Crippen LogP contribution in [0.4, 0.5) is 0 Å². The van der Waals surface area contributed by atoms with Crippen LogP contribution < -0.4 is 0 Å². The van der Waals surface area contributed by atoms with E-state index < -0.39 is 19.7 Å². The van der Waals surface area contributed by atoms with Gasteiger partial charge in [-0.2, -0.15) is 0 Å². The molecule has 1 unspecified atom stereocenters. The molecule has 1 aliphatic heterocycles. The first kappa shape index (κ1) is 22.3.